The van der Waals surface area contributed by atoms with Gasteiger partial charge in [0.2, 0.25) is 0 Å². The summed E-state index contributed by atoms with van der Waals surface area (Å²) in [5.41, 5.74) is 2.70. The molecule has 1 aliphatic rings. The molecular weight excluding hydrogens is 255 g/mol. The van der Waals surface area contributed by atoms with Crippen LogP contribution >= 0.6 is 0 Å². The first-order chi connectivity index (χ1) is 9.76. The Morgan fingerprint density at radius 2 is 2.15 bits per heavy atom. The van der Waals surface area contributed by atoms with Gasteiger partial charge in [0.15, 0.2) is 0 Å². The van der Waals surface area contributed by atoms with E-state index < -0.39 is 0 Å². The van der Waals surface area contributed by atoms with E-state index in [-0.39, 0.29) is 5.82 Å². The molecule has 1 aromatic carbocycles. The molecule has 3 rings (SSSR count). The Labute approximate surface area is 117 Å². The van der Waals surface area contributed by atoms with E-state index in [4.69, 9.17) is 4.74 Å². The average molecular weight is 272 g/mol. The number of rotatable bonds is 5. The molecule has 4 heteroatoms. The zero-order valence-corrected chi connectivity index (χ0v) is 11.4. The molecule has 0 aliphatic heterocycles. The van der Waals surface area contributed by atoms with Gasteiger partial charge in [0.05, 0.1) is 7.11 Å². The van der Waals surface area contributed by atoms with Gasteiger partial charge >= 0.3 is 0 Å². The normalized spacial score (nSPS) is 14.3. The second-order valence-corrected chi connectivity index (χ2v) is 5.08. The Bertz CT molecular complexity index is 611. The highest BCUT2D eigenvalue weighted by Crippen LogP contribution is 2.30. The molecule has 1 N–H and O–H groups in total. The van der Waals surface area contributed by atoms with Crippen LogP contribution in [0.2, 0.25) is 0 Å². The van der Waals surface area contributed by atoms with Crippen molar-refractivity contribution in [1.82, 2.24) is 10.3 Å². The van der Waals surface area contributed by atoms with Crippen LogP contribution in [0.3, 0.4) is 0 Å². The SMILES string of the molecule is COc1ccc(F)cc1-c1cncc(CNC2CC2)c1. The second-order valence-electron chi connectivity index (χ2n) is 5.08. The highest BCUT2D eigenvalue weighted by Gasteiger charge is 2.20. The Morgan fingerprint density at radius 3 is 2.90 bits per heavy atom. The number of halogens is 1. The predicted molar refractivity (Wildman–Crippen MR) is 76.0 cm³/mol. The second kappa shape index (κ2) is 5.59. The summed E-state index contributed by atoms with van der Waals surface area (Å²) in [6.45, 7) is 0.795. The van der Waals surface area contributed by atoms with Gasteiger partial charge in [-0.1, -0.05) is 0 Å². The van der Waals surface area contributed by atoms with Gasteiger partial charge in [0.1, 0.15) is 11.6 Å². The molecule has 0 saturated heterocycles. The van der Waals surface area contributed by atoms with Crippen molar-refractivity contribution in [3.05, 3.63) is 48.0 Å². The van der Waals surface area contributed by atoms with Gasteiger partial charge in [-0.25, -0.2) is 4.39 Å². The summed E-state index contributed by atoms with van der Waals surface area (Å²) in [4.78, 5) is 4.25. The minimum Gasteiger partial charge on any atom is -0.496 e. The van der Waals surface area contributed by atoms with Crippen molar-refractivity contribution < 1.29 is 9.13 Å². The molecule has 0 amide bonds. The van der Waals surface area contributed by atoms with Crippen molar-refractivity contribution in [3.63, 3.8) is 0 Å². The number of aromatic nitrogens is 1. The van der Waals surface area contributed by atoms with E-state index in [1.807, 2.05) is 12.3 Å². The number of methoxy groups -OCH3 is 1. The van der Waals surface area contributed by atoms with Crippen molar-refractivity contribution in [2.45, 2.75) is 25.4 Å². The monoisotopic (exact) mass is 272 g/mol. The smallest absolute Gasteiger partial charge is 0.126 e. The summed E-state index contributed by atoms with van der Waals surface area (Å²) in [6.07, 6.45) is 6.08. The van der Waals surface area contributed by atoms with E-state index in [9.17, 15) is 4.39 Å². The van der Waals surface area contributed by atoms with Crippen LogP contribution in [0.25, 0.3) is 11.1 Å². The molecule has 0 bridgehead atoms. The van der Waals surface area contributed by atoms with Crippen LogP contribution in [0.15, 0.2) is 36.7 Å². The summed E-state index contributed by atoms with van der Waals surface area (Å²) in [6, 6.07) is 7.20. The lowest BCUT2D eigenvalue weighted by Gasteiger charge is -2.10. The highest BCUT2D eigenvalue weighted by atomic mass is 19.1. The van der Waals surface area contributed by atoms with E-state index in [1.165, 1.54) is 25.0 Å². The molecular formula is C16H17FN2O. The molecule has 1 aliphatic carbocycles. The Kier molecular flexibility index (Phi) is 3.65. The fraction of sp³-hybridized carbons (Fsp3) is 0.312. The third kappa shape index (κ3) is 2.96. The molecule has 1 heterocycles. The lowest BCUT2D eigenvalue weighted by molar-refractivity contribution is 0.415. The zero-order chi connectivity index (χ0) is 13.9. The summed E-state index contributed by atoms with van der Waals surface area (Å²) in [7, 11) is 1.59. The van der Waals surface area contributed by atoms with Gasteiger partial charge in [-0.2, -0.15) is 0 Å². The Hall–Kier alpha value is -1.94. The molecule has 3 nitrogen and oxygen atoms in total. The molecule has 2 aromatic rings. The molecule has 20 heavy (non-hydrogen) atoms. The highest BCUT2D eigenvalue weighted by molar-refractivity contribution is 5.70. The maximum absolute atomic E-state index is 13.4. The number of pyridine rings is 1. The van der Waals surface area contributed by atoms with E-state index in [0.717, 1.165) is 23.2 Å². The molecule has 0 atom stereocenters. The number of nitrogens with one attached hydrogen (secondary N) is 1. The first-order valence-corrected chi connectivity index (χ1v) is 6.77. The summed E-state index contributed by atoms with van der Waals surface area (Å²) in [5, 5.41) is 3.45. The standard InChI is InChI=1S/C16H17FN2O/c1-20-16-5-2-13(17)7-15(16)12-6-11(8-18-10-12)9-19-14-3-4-14/h2,5-8,10,14,19H,3-4,9H2,1H3. The molecule has 0 unspecified atom stereocenters. The summed E-state index contributed by atoms with van der Waals surface area (Å²) < 4.78 is 18.7. The van der Waals surface area contributed by atoms with E-state index in [2.05, 4.69) is 10.3 Å². The molecule has 104 valence electrons. The van der Waals surface area contributed by atoms with Gasteiger partial charge < -0.3 is 10.1 Å². The van der Waals surface area contributed by atoms with E-state index in [0.29, 0.717) is 11.8 Å². The van der Waals surface area contributed by atoms with Crippen molar-refractivity contribution in [2.75, 3.05) is 7.11 Å². The van der Waals surface area contributed by atoms with Crippen LogP contribution in [-0.2, 0) is 6.54 Å². The number of hydrogen-bond acceptors (Lipinski definition) is 3. The van der Waals surface area contributed by atoms with Crippen LogP contribution in [0.4, 0.5) is 4.39 Å². The van der Waals surface area contributed by atoms with E-state index >= 15 is 0 Å². The first kappa shape index (κ1) is 13.1. The third-order valence-electron chi connectivity index (χ3n) is 3.44. The van der Waals surface area contributed by atoms with Gasteiger partial charge in [-0.3, -0.25) is 4.98 Å². The number of benzene rings is 1. The van der Waals surface area contributed by atoms with Crippen molar-refractivity contribution in [1.29, 1.82) is 0 Å². The lowest BCUT2D eigenvalue weighted by Crippen LogP contribution is -2.15. The summed E-state index contributed by atoms with van der Waals surface area (Å²) in [5.74, 6) is 0.378. The van der Waals surface area contributed by atoms with Crippen LogP contribution in [0, 0.1) is 5.82 Å². The van der Waals surface area contributed by atoms with Gasteiger partial charge in [0.25, 0.3) is 0 Å². The van der Waals surface area contributed by atoms with Gasteiger partial charge in [-0.15, -0.1) is 0 Å². The van der Waals surface area contributed by atoms with Crippen LogP contribution in [-0.4, -0.2) is 18.1 Å². The number of ether oxygens (including phenoxy) is 1. The van der Waals surface area contributed by atoms with Gasteiger partial charge in [0, 0.05) is 36.1 Å². The maximum Gasteiger partial charge on any atom is 0.126 e. The van der Waals surface area contributed by atoms with Crippen LogP contribution in [0.1, 0.15) is 18.4 Å². The molecule has 0 radical (unpaired) electrons. The van der Waals surface area contributed by atoms with Crippen LogP contribution < -0.4 is 10.1 Å². The van der Waals surface area contributed by atoms with Crippen molar-refractivity contribution >= 4 is 0 Å². The average Bonchev–Trinajstić information content (AvgIpc) is 3.30. The lowest BCUT2D eigenvalue weighted by atomic mass is 10.0. The fourth-order valence-corrected chi connectivity index (χ4v) is 2.19. The topological polar surface area (TPSA) is 34.1 Å². The largest absolute Gasteiger partial charge is 0.496 e. The van der Waals surface area contributed by atoms with Crippen LogP contribution in [0.5, 0.6) is 5.75 Å². The summed E-state index contributed by atoms with van der Waals surface area (Å²) >= 11 is 0. The molecule has 1 aromatic heterocycles. The fourth-order valence-electron chi connectivity index (χ4n) is 2.19. The molecule has 1 saturated carbocycles. The zero-order valence-electron chi connectivity index (χ0n) is 11.4. The molecule has 1 fully saturated rings. The van der Waals surface area contributed by atoms with Crippen molar-refractivity contribution in [2.24, 2.45) is 0 Å². The minimum absolute atomic E-state index is 0.276. The predicted octanol–water partition coefficient (Wildman–Crippen LogP) is 3.15. The quantitative estimate of drug-likeness (QED) is 0.908. The Morgan fingerprint density at radius 1 is 1.30 bits per heavy atom. The third-order valence-corrected chi connectivity index (χ3v) is 3.44. The van der Waals surface area contributed by atoms with Gasteiger partial charge in [-0.05, 0) is 42.7 Å². The Balaban J connectivity index is 1.88. The number of hydrogen-bond donors (Lipinski definition) is 1. The molecule has 0 spiro atoms. The van der Waals surface area contributed by atoms with Crippen molar-refractivity contribution in [3.8, 4) is 16.9 Å². The minimum atomic E-state index is -0.276. The van der Waals surface area contributed by atoms with E-state index in [1.54, 1.807) is 19.4 Å². The maximum atomic E-state index is 13.4. The number of nitrogens with zero attached hydrogens (tertiary/aromatic N) is 1. The first-order valence-electron chi connectivity index (χ1n) is 6.77.